The van der Waals surface area contributed by atoms with Crippen LogP contribution in [0.25, 0.3) is 22.2 Å². The zero-order valence-corrected chi connectivity index (χ0v) is 18.2. The summed E-state index contributed by atoms with van der Waals surface area (Å²) in [6.07, 6.45) is 6.25. The van der Waals surface area contributed by atoms with Crippen LogP contribution in [0.2, 0.25) is 0 Å². The van der Waals surface area contributed by atoms with E-state index < -0.39 is 0 Å². The van der Waals surface area contributed by atoms with Crippen molar-refractivity contribution < 1.29 is 10.2 Å². The Bertz CT molecular complexity index is 1070. The van der Waals surface area contributed by atoms with Crippen molar-refractivity contribution in [1.29, 1.82) is 0 Å². The third kappa shape index (κ3) is 4.16. The molecule has 0 spiro atoms. The molecule has 3 N–H and O–H groups in total. The first kappa shape index (κ1) is 21.3. The molecule has 3 aromatic rings. The number of pyridine rings is 1. The maximum Gasteiger partial charge on any atom is 0.0744 e. The predicted molar refractivity (Wildman–Crippen MR) is 129 cm³/mol. The van der Waals surface area contributed by atoms with Crippen LogP contribution in [0, 0.1) is 6.92 Å². The van der Waals surface area contributed by atoms with Gasteiger partial charge in [-0.3, -0.25) is 0 Å². The van der Waals surface area contributed by atoms with E-state index in [4.69, 9.17) is 4.98 Å². The second-order valence-electron chi connectivity index (χ2n) is 8.09. The molecule has 31 heavy (non-hydrogen) atoms. The lowest BCUT2D eigenvalue weighted by molar-refractivity contribution is 0.281. The summed E-state index contributed by atoms with van der Waals surface area (Å²) in [5.41, 5.74) is 9.34. The van der Waals surface area contributed by atoms with E-state index in [1.54, 1.807) is 6.20 Å². The van der Waals surface area contributed by atoms with E-state index in [1.807, 2.05) is 4.90 Å². The number of anilines is 2. The summed E-state index contributed by atoms with van der Waals surface area (Å²) in [6, 6.07) is 12.5. The summed E-state index contributed by atoms with van der Waals surface area (Å²) in [4.78, 5) is 7.11. The molecule has 2 aromatic carbocycles. The van der Waals surface area contributed by atoms with Gasteiger partial charge in [-0.2, -0.15) is 0 Å². The number of hydrogen-bond donors (Lipinski definition) is 3. The molecule has 0 fully saturated rings. The first-order valence-electron chi connectivity index (χ1n) is 11.1. The van der Waals surface area contributed by atoms with Crippen molar-refractivity contribution in [2.24, 2.45) is 0 Å². The summed E-state index contributed by atoms with van der Waals surface area (Å²) in [5, 5.41) is 23.2. The third-order valence-electron chi connectivity index (χ3n) is 6.23. The number of fused-ring (bicyclic) bond motifs is 3. The molecule has 0 aliphatic heterocycles. The Morgan fingerprint density at radius 3 is 2.32 bits per heavy atom. The van der Waals surface area contributed by atoms with E-state index >= 15 is 0 Å². The van der Waals surface area contributed by atoms with Crippen molar-refractivity contribution in [3.8, 4) is 11.3 Å². The number of aromatic nitrogens is 1. The van der Waals surface area contributed by atoms with Gasteiger partial charge in [0.25, 0.3) is 0 Å². The number of nitrogens with one attached hydrogen (secondary N) is 1. The number of aliphatic hydroxyl groups excluding tert-OH is 2. The highest BCUT2D eigenvalue weighted by Crippen LogP contribution is 2.38. The fraction of sp³-hybridized carbons (Fsp3) is 0.346. The Hall–Kier alpha value is -2.89. The van der Waals surface area contributed by atoms with Gasteiger partial charge in [0.05, 0.1) is 24.4 Å². The fourth-order valence-electron chi connectivity index (χ4n) is 4.75. The molecule has 0 amide bonds. The number of hydrogen-bond acceptors (Lipinski definition) is 5. The highest BCUT2D eigenvalue weighted by atomic mass is 16.3. The molecule has 0 bridgehead atoms. The molecule has 0 saturated heterocycles. The van der Waals surface area contributed by atoms with Crippen LogP contribution in [0.5, 0.6) is 0 Å². The van der Waals surface area contributed by atoms with Gasteiger partial charge in [-0.1, -0.05) is 18.7 Å². The van der Waals surface area contributed by atoms with Gasteiger partial charge in [0.2, 0.25) is 0 Å². The Kier molecular flexibility index (Phi) is 6.54. The van der Waals surface area contributed by atoms with Gasteiger partial charge in [-0.05, 0) is 79.8 Å². The molecule has 162 valence electrons. The van der Waals surface area contributed by atoms with E-state index in [1.165, 1.54) is 34.9 Å². The maximum absolute atomic E-state index is 9.32. The van der Waals surface area contributed by atoms with E-state index in [-0.39, 0.29) is 13.2 Å². The molecule has 1 aliphatic carbocycles. The second-order valence-corrected chi connectivity index (χ2v) is 8.09. The lowest BCUT2D eigenvalue weighted by atomic mass is 9.85. The van der Waals surface area contributed by atoms with Crippen LogP contribution in [-0.2, 0) is 12.8 Å². The van der Waals surface area contributed by atoms with Crippen molar-refractivity contribution in [3.63, 3.8) is 0 Å². The minimum Gasteiger partial charge on any atom is -0.395 e. The summed E-state index contributed by atoms with van der Waals surface area (Å²) in [7, 11) is 0. The van der Waals surface area contributed by atoms with Crippen LogP contribution < -0.4 is 10.2 Å². The van der Waals surface area contributed by atoms with Crippen molar-refractivity contribution >= 4 is 22.3 Å². The van der Waals surface area contributed by atoms with E-state index in [0.717, 1.165) is 41.0 Å². The molecule has 0 radical (unpaired) electrons. The Balaban J connectivity index is 1.81. The van der Waals surface area contributed by atoms with Crippen LogP contribution >= 0.6 is 0 Å². The number of nitrogens with zero attached hydrogens (tertiary/aromatic N) is 2. The van der Waals surface area contributed by atoms with Crippen molar-refractivity contribution in [2.75, 3.05) is 36.5 Å². The van der Waals surface area contributed by atoms with Crippen LogP contribution in [0.4, 0.5) is 11.4 Å². The van der Waals surface area contributed by atoms with Crippen molar-refractivity contribution in [1.82, 2.24) is 4.98 Å². The van der Waals surface area contributed by atoms with Gasteiger partial charge < -0.3 is 20.4 Å². The van der Waals surface area contributed by atoms with Gasteiger partial charge in [-0.25, -0.2) is 4.98 Å². The molecule has 1 aliphatic rings. The predicted octanol–water partition coefficient (Wildman–Crippen LogP) is 4.44. The topological polar surface area (TPSA) is 68.6 Å². The first-order valence-corrected chi connectivity index (χ1v) is 11.1. The average Bonchev–Trinajstić information content (AvgIpc) is 2.80. The largest absolute Gasteiger partial charge is 0.395 e. The Labute approximate surface area is 184 Å². The summed E-state index contributed by atoms with van der Waals surface area (Å²) < 4.78 is 0. The monoisotopic (exact) mass is 417 g/mol. The molecule has 0 saturated carbocycles. The van der Waals surface area contributed by atoms with E-state index in [0.29, 0.717) is 13.1 Å². The molecule has 0 unspecified atom stereocenters. The zero-order valence-electron chi connectivity index (χ0n) is 18.2. The molecule has 4 rings (SSSR count). The van der Waals surface area contributed by atoms with Gasteiger partial charge >= 0.3 is 0 Å². The Morgan fingerprint density at radius 1 is 1.00 bits per heavy atom. The van der Waals surface area contributed by atoms with Crippen LogP contribution in [0.15, 0.2) is 49.2 Å². The minimum atomic E-state index is 0.0591. The maximum atomic E-state index is 9.32. The fourth-order valence-corrected chi connectivity index (χ4v) is 4.75. The molecule has 5 nitrogen and oxygen atoms in total. The molecular weight excluding hydrogens is 386 g/mol. The SMILES string of the molecule is C=CNc1ccc2nc(-c3ccc(N(CCO)CCO)cc3)c3c(c2c1C)CCCC3. The summed E-state index contributed by atoms with van der Waals surface area (Å²) in [6.45, 7) is 7.09. The molecule has 1 heterocycles. The number of benzene rings is 2. The van der Waals surface area contributed by atoms with Gasteiger partial charge in [0.1, 0.15) is 0 Å². The standard InChI is InChI=1S/C26H31N3O2/c1-3-27-23-12-13-24-25(18(23)2)21-6-4-5-7-22(21)26(28-24)19-8-10-20(11-9-19)29(14-16-30)15-17-31/h3,8-13,27,30-31H,1,4-7,14-17H2,2H3. The summed E-state index contributed by atoms with van der Waals surface area (Å²) in [5.74, 6) is 0. The summed E-state index contributed by atoms with van der Waals surface area (Å²) >= 11 is 0. The van der Waals surface area contributed by atoms with Crippen LogP contribution in [0.1, 0.15) is 29.5 Å². The normalized spacial score (nSPS) is 13.1. The van der Waals surface area contributed by atoms with E-state index in [2.05, 4.69) is 55.2 Å². The van der Waals surface area contributed by atoms with Gasteiger partial charge in [0, 0.05) is 35.4 Å². The molecule has 0 atom stereocenters. The van der Waals surface area contributed by atoms with E-state index in [9.17, 15) is 10.2 Å². The van der Waals surface area contributed by atoms with Gasteiger partial charge in [0.15, 0.2) is 0 Å². The molecule has 1 aromatic heterocycles. The smallest absolute Gasteiger partial charge is 0.0744 e. The highest BCUT2D eigenvalue weighted by molar-refractivity contribution is 5.93. The average molecular weight is 418 g/mol. The number of rotatable bonds is 8. The van der Waals surface area contributed by atoms with Gasteiger partial charge in [-0.15, -0.1) is 0 Å². The first-order chi connectivity index (χ1) is 15.2. The third-order valence-corrected chi connectivity index (χ3v) is 6.23. The van der Waals surface area contributed by atoms with Crippen molar-refractivity contribution in [3.05, 3.63) is 65.9 Å². The minimum absolute atomic E-state index is 0.0591. The van der Waals surface area contributed by atoms with Crippen molar-refractivity contribution in [2.45, 2.75) is 32.6 Å². The van der Waals surface area contributed by atoms with Crippen LogP contribution in [0.3, 0.4) is 0 Å². The highest BCUT2D eigenvalue weighted by Gasteiger charge is 2.21. The number of aryl methyl sites for hydroxylation is 2. The lowest BCUT2D eigenvalue weighted by Crippen LogP contribution is -2.29. The Morgan fingerprint density at radius 2 is 1.68 bits per heavy atom. The molecular formula is C26H31N3O2. The zero-order chi connectivity index (χ0) is 21.8. The second kappa shape index (κ2) is 9.50. The number of aliphatic hydroxyl groups is 2. The lowest BCUT2D eigenvalue weighted by Gasteiger charge is -2.25. The molecule has 5 heteroatoms. The quantitative estimate of drug-likeness (QED) is 0.506. The van der Waals surface area contributed by atoms with Crippen LogP contribution in [-0.4, -0.2) is 41.5 Å².